The number of likely N-dealkylation sites (N-methyl/N-ethyl adjacent to an activating group) is 1. The quantitative estimate of drug-likeness (QED) is 0.622. The van der Waals surface area contributed by atoms with Crippen molar-refractivity contribution >= 4 is 19.5 Å². The van der Waals surface area contributed by atoms with Crippen molar-refractivity contribution in [2.24, 2.45) is 0 Å². The summed E-state index contributed by atoms with van der Waals surface area (Å²) in [5, 5.41) is 0. The van der Waals surface area contributed by atoms with Gasteiger partial charge in [0, 0.05) is 13.1 Å². The lowest BCUT2D eigenvalue weighted by Crippen LogP contribution is -2.39. The predicted octanol–water partition coefficient (Wildman–Crippen LogP) is 0.579. The SMILES string of the molecule is CC.[B]CC(=O)N(CCN(C)C)CC(C)=O. The van der Waals surface area contributed by atoms with E-state index in [1.165, 1.54) is 11.8 Å². The smallest absolute Gasteiger partial charge is 0.214 e. The van der Waals surface area contributed by atoms with E-state index in [4.69, 9.17) is 7.85 Å². The van der Waals surface area contributed by atoms with Crippen LogP contribution in [0.4, 0.5) is 0 Å². The van der Waals surface area contributed by atoms with E-state index in [9.17, 15) is 9.59 Å². The molecule has 0 aliphatic heterocycles. The molecule has 0 saturated carbocycles. The van der Waals surface area contributed by atoms with Crippen LogP contribution in [0.15, 0.2) is 0 Å². The molecule has 0 atom stereocenters. The van der Waals surface area contributed by atoms with Crippen LogP contribution in [0.1, 0.15) is 20.8 Å². The summed E-state index contributed by atoms with van der Waals surface area (Å²) in [4.78, 5) is 25.6. The fourth-order valence-electron chi connectivity index (χ4n) is 1.01. The van der Waals surface area contributed by atoms with Crippen LogP contribution in [-0.4, -0.2) is 63.1 Å². The van der Waals surface area contributed by atoms with E-state index in [2.05, 4.69) is 0 Å². The van der Waals surface area contributed by atoms with E-state index in [1.807, 2.05) is 32.8 Å². The minimum absolute atomic E-state index is 0.0226. The molecule has 4 nitrogen and oxygen atoms in total. The Bertz CT molecular complexity index is 208. The summed E-state index contributed by atoms with van der Waals surface area (Å²) in [6.07, 6.45) is -0.0410. The third-order valence-electron chi connectivity index (χ3n) is 1.76. The second-order valence-corrected chi connectivity index (χ2v) is 3.52. The molecule has 2 radical (unpaired) electrons. The zero-order valence-corrected chi connectivity index (χ0v) is 11.1. The molecule has 1 amide bonds. The van der Waals surface area contributed by atoms with Crippen molar-refractivity contribution in [1.29, 1.82) is 0 Å². The minimum atomic E-state index is -0.179. The first kappa shape index (κ1) is 17.6. The van der Waals surface area contributed by atoms with E-state index < -0.39 is 0 Å². The third-order valence-corrected chi connectivity index (χ3v) is 1.76. The summed E-state index contributed by atoms with van der Waals surface area (Å²) >= 11 is 0. The van der Waals surface area contributed by atoms with E-state index in [0.29, 0.717) is 6.54 Å². The topological polar surface area (TPSA) is 40.6 Å². The first-order chi connectivity index (χ1) is 7.47. The van der Waals surface area contributed by atoms with Gasteiger partial charge in [-0.2, -0.15) is 0 Å². The van der Waals surface area contributed by atoms with Crippen molar-refractivity contribution in [2.45, 2.75) is 27.1 Å². The van der Waals surface area contributed by atoms with Crippen LogP contribution in [0, 0.1) is 0 Å². The maximum Gasteiger partial charge on any atom is 0.214 e. The third kappa shape index (κ3) is 9.71. The first-order valence-corrected chi connectivity index (χ1v) is 5.59. The molecule has 0 spiro atoms. The number of carbonyl (C=O) groups is 2. The summed E-state index contributed by atoms with van der Waals surface area (Å²) < 4.78 is 0. The van der Waals surface area contributed by atoms with Gasteiger partial charge >= 0.3 is 0 Å². The van der Waals surface area contributed by atoms with E-state index in [-0.39, 0.29) is 24.6 Å². The molecule has 0 heterocycles. The van der Waals surface area contributed by atoms with Gasteiger partial charge in [-0.25, -0.2) is 0 Å². The second kappa shape index (κ2) is 10.7. The van der Waals surface area contributed by atoms with Crippen LogP contribution >= 0.6 is 0 Å². The lowest BCUT2D eigenvalue weighted by molar-refractivity contribution is -0.133. The van der Waals surface area contributed by atoms with Gasteiger partial charge in [0.15, 0.2) is 0 Å². The monoisotopic (exact) mass is 226 g/mol. The van der Waals surface area contributed by atoms with Gasteiger partial charge in [-0.15, -0.1) is 0 Å². The maximum absolute atomic E-state index is 11.3. The van der Waals surface area contributed by atoms with Gasteiger partial charge in [0.05, 0.1) is 14.4 Å². The largest absolute Gasteiger partial charge is 0.335 e. The van der Waals surface area contributed by atoms with Gasteiger partial charge in [-0.05, 0) is 27.3 Å². The fraction of sp³-hybridized carbons (Fsp3) is 0.818. The Morgan fingerprint density at radius 2 is 1.62 bits per heavy atom. The summed E-state index contributed by atoms with van der Waals surface area (Å²) in [7, 11) is 9.07. The number of amides is 1. The van der Waals surface area contributed by atoms with Crippen molar-refractivity contribution in [2.75, 3.05) is 33.7 Å². The van der Waals surface area contributed by atoms with Crippen molar-refractivity contribution < 1.29 is 9.59 Å². The molecule has 0 unspecified atom stereocenters. The molecule has 0 aliphatic carbocycles. The molecule has 0 saturated heterocycles. The number of carbonyl (C=O) groups excluding carboxylic acids is 2. The van der Waals surface area contributed by atoms with Gasteiger partial charge in [0.25, 0.3) is 0 Å². The van der Waals surface area contributed by atoms with Gasteiger partial charge < -0.3 is 9.80 Å². The number of hydrogen-bond acceptors (Lipinski definition) is 3. The average molecular weight is 226 g/mol. The first-order valence-electron chi connectivity index (χ1n) is 5.59. The summed E-state index contributed by atoms with van der Waals surface area (Å²) in [6.45, 7) is 6.90. The molecule has 0 aromatic carbocycles. The summed E-state index contributed by atoms with van der Waals surface area (Å²) in [6, 6.07) is 0. The molecule has 0 fully saturated rings. The number of nitrogens with zero attached hydrogens (tertiary/aromatic N) is 2. The molecular formula is C11H23BN2O2. The van der Waals surface area contributed by atoms with Crippen LogP contribution in [0.3, 0.4) is 0 Å². The molecule has 0 aromatic heterocycles. The van der Waals surface area contributed by atoms with Crippen molar-refractivity contribution in [1.82, 2.24) is 9.80 Å². The summed E-state index contributed by atoms with van der Waals surface area (Å²) in [5.74, 6) is -0.201. The standard InChI is InChI=1S/C9H17BN2O2.C2H6/c1-8(13)7-12(9(14)6-10)5-4-11(2)3;1-2/h4-7H2,1-3H3;1-2H3. The van der Waals surface area contributed by atoms with Crippen LogP contribution < -0.4 is 0 Å². The molecule has 0 aromatic rings. The molecule has 0 N–H and O–H groups in total. The van der Waals surface area contributed by atoms with Crippen LogP contribution in [-0.2, 0) is 9.59 Å². The zero-order chi connectivity index (χ0) is 13.1. The van der Waals surface area contributed by atoms with E-state index in [0.717, 1.165) is 6.54 Å². The Labute approximate surface area is 100 Å². The van der Waals surface area contributed by atoms with Crippen molar-refractivity contribution in [3.05, 3.63) is 0 Å². The Morgan fingerprint density at radius 1 is 1.12 bits per heavy atom. The number of hydrogen-bond donors (Lipinski definition) is 0. The van der Waals surface area contributed by atoms with Crippen molar-refractivity contribution in [3.63, 3.8) is 0 Å². The number of Topliss-reactive ketones (excluding diaryl/α,β-unsaturated/α-hetero) is 1. The van der Waals surface area contributed by atoms with Gasteiger partial charge in [0.1, 0.15) is 5.78 Å². The fourth-order valence-corrected chi connectivity index (χ4v) is 1.01. The van der Waals surface area contributed by atoms with Crippen molar-refractivity contribution in [3.8, 4) is 0 Å². The lowest BCUT2D eigenvalue weighted by Gasteiger charge is -2.22. The highest BCUT2D eigenvalue weighted by Gasteiger charge is 2.12. The van der Waals surface area contributed by atoms with Crippen LogP contribution in [0.2, 0.25) is 6.32 Å². The number of ketones is 1. The average Bonchev–Trinajstić information content (AvgIpc) is 2.25. The Balaban J connectivity index is 0. The Hall–Kier alpha value is -0.835. The molecule has 92 valence electrons. The normalized spacial score (nSPS) is 9.38. The number of rotatable bonds is 6. The van der Waals surface area contributed by atoms with Crippen LogP contribution in [0.5, 0.6) is 0 Å². The molecule has 0 aliphatic rings. The van der Waals surface area contributed by atoms with Gasteiger partial charge in [-0.3, -0.25) is 9.59 Å². The molecule has 16 heavy (non-hydrogen) atoms. The molecule has 0 rings (SSSR count). The highest BCUT2D eigenvalue weighted by Crippen LogP contribution is 1.94. The molecular weight excluding hydrogens is 203 g/mol. The van der Waals surface area contributed by atoms with Crippen LogP contribution in [0.25, 0.3) is 0 Å². The second-order valence-electron chi connectivity index (χ2n) is 3.52. The molecule has 0 bridgehead atoms. The van der Waals surface area contributed by atoms with Gasteiger partial charge in [-0.1, -0.05) is 13.8 Å². The van der Waals surface area contributed by atoms with E-state index >= 15 is 0 Å². The lowest BCUT2D eigenvalue weighted by atomic mass is 10.0. The Kier molecular flexibility index (Phi) is 11.7. The zero-order valence-electron chi connectivity index (χ0n) is 11.1. The highest BCUT2D eigenvalue weighted by atomic mass is 16.2. The maximum atomic E-state index is 11.3. The predicted molar refractivity (Wildman–Crippen MR) is 67.7 cm³/mol. The summed E-state index contributed by atoms with van der Waals surface area (Å²) in [5.41, 5.74) is 0. The Morgan fingerprint density at radius 3 is 1.94 bits per heavy atom. The van der Waals surface area contributed by atoms with E-state index in [1.54, 1.807) is 0 Å². The highest BCUT2D eigenvalue weighted by molar-refractivity contribution is 6.19. The minimum Gasteiger partial charge on any atom is -0.335 e. The molecule has 5 heteroatoms. The van der Waals surface area contributed by atoms with Gasteiger partial charge in [0.2, 0.25) is 5.91 Å².